The maximum absolute atomic E-state index is 13.6. The van der Waals surface area contributed by atoms with Crippen molar-refractivity contribution in [1.29, 1.82) is 0 Å². The molecule has 2 aromatic carbocycles. The molecular weight excluding hydrogens is 321 g/mol. The molecule has 5 nitrogen and oxygen atoms in total. The van der Waals surface area contributed by atoms with Gasteiger partial charge in [-0.05, 0) is 29.8 Å². The molecule has 2 amide bonds. The number of nitrogens with one attached hydrogen (secondary N) is 2. The quantitative estimate of drug-likeness (QED) is 0.891. The van der Waals surface area contributed by atoms with Gasteiger partial charge in [-0.1, -0.05) is 24.3 Å². The molecule has 0 aliphatic carbocycles. The molecule has 1 aliphatic rings. The fraction of sp³-hybridized carbons (Fsp3) is 0.263. The van der Waals surface area contributed by atoms with Crippen LogP contribution in [0.2, 0.25) is 0 Å². The maximum Gasteiger partial charge on any atom is 0.254 e. The van der Waals surface area contributed by atoms with E-state index in [4.69, 9.17) is 0 Å². The van der Waals surface area contributed by atoms with E-state index in [-0.39, 0.29) is 18.0 Å². The average Bonchev–Trinajstić information content (AvgIpc) is 2.67. The summed E-state index contributed by atoms with van der Waals surface area (Å²) in [6.45, 7) is 3.31. The summed E-state index contributed by atoms with van der Waals surface area (Å²) in [4.78, 5) is 26.2. The van der Waals surface area contributed by atoms with Gasteiger partial charge in [0.1, 0.15) is 5.82 Å². The van der Waals surface area contributed by atoms with Gasteiger partial charge in [0.15, 0.2) is 0 Å². The maximum atomic E-state index is 13.6. The zero-order valence-electron chi connectivity index (χ0n) is 13.8. The lowest BCUT2D eigenvalue weighted by Gasteiger charge is -2.27. The van der Waals surface area contributed by atoms with Crippen molar-refractivity contribution in [3.05, 3.63) is 71.0 Å². The minimum absolute atomic E-state index is 0.0171. The molecule has 6 heteroatoms. The first-order valence-electron chi connectivity index (χ1n) is 8.27. The van der Waals surface area contributed by atoms with Crippen LogP contribution in [0.25, 0.3) is 0 Å². The third-order valence-electron chi connectivity index (χ3n) is 4.18. The molecule has 1 saturated heterocycles. The number of nitrogens with zero attached hydrogens (tertiary/aromatic N) is 1. The minimum atomic E-state index is -0.544. The number of hydrogen-bond donors (Lipinski definition) is 2. The van der Waals surface area contributed by atoms with Gasteiger partial charge in [0, 0.05) is 38.3 Å². The van der Waals surface area contributed by atoms with Gasteiger partial charge in [-0.2, -0.15) is 0 Å². The summed E-state index contributed by atoms with van der Waals surface area (Å²) in [5, 5.41) is 5.90. The van der Waals surface area contributed by atoms with Crippen LogP contribution < -0.4 is 10.6 Å². The predicted octanol–water partition coefficient (Wildman–Crippen LogP) is 1.80. The van der Waals surface area contributed by atoms with Crippen molar-refractivity contribution >= 4 is 11.8 Å². The fourth-order valence-electron chi connectivity index (χ4n) is 2.74. The lowest BCUT2D eigenvalue weighted by molar-refractivity contribution is 0.0735. The van der Waals surface area contributed by atoms with Crippen LogP contribution in [0.15, 0.2) is 48.5 Å². The predicted molar refractivity (Wildman–Crippen MR) is 92.8 cm³/mol. The van der Waals surface area contributed by atoms with Gasteiger partial charge >= 0.3 is 0 Å². The van der Waals surface area contributed by atoms with E-state index in [2.05, 4.69) is 10.6 Å². The van der Waals surface area contributed by atoms with Gasteiger partial charge < -0.3 is 15.5 Å². The molecule has 0 unspecified atom stereocenters. The normalized spacial score (nSPS) is 14.2. The first kappa shape index (κ1) is 17.1. The summed E-state index contributed by atoms with van der Waals surface area (Å²) in [6.07, 6.45) is 0. The first-order chi connectivity index (χ1) is 12.1. The zero-order valence-corrected chi connectivity index (χ0v) is 13.8. The highest BCUT2D eigenvalue weighted by atomic mass is 19.1. The minimum Gasteiger partial charge on any atom is -0.348 e. The number of piperazine rings is 1. The lowest BCUT2D eigenvalue weighted by atomic mass is 10.1. The Bertz CT molecular complexity index is 756. The van der Waals surface area contributed by atoms with Gasteiger partial charge in [0.05, 0.1) is 5.56 Å². The summed E-state index contributed by atoms with van der Waals surface area (Å²) in [7, 11) is 0. The van der Waals surface area contributed by atoms with E-state index in [0.717, 1.165) is 18.7 Å². The lowest BCUT2D eigenvalue weighted by Crippen LogP contribution is -2.46. The number of carbonyl (C=O) groups is 2. The van der Waals surface area contributed by atoms with Crippen LogP contribution >= 0.6 is 0 Å². The van der Waals surface area contributed by atoms with Crippen LogP contribution in [0.4, 0.5) is 4.39 Å². The Hall–Kier alpha value is -2.73. The summed E-state index contributed by atoms with van der Waals surface area (Å²) in [5.41, 5.74) is 1.50. The largest absolute Gasteiger partial charge is 0.348 e. The highest BCUT2D eigenvalue weighted by Gasteiger charge is 2.17. The molecule has 3 rings (SSSR count). The Morgan fingerprint density at radius 1 is 1.04 bits per heavy atom. The Morgan fingerprint density at radius 2 is 1.72 bits per heavy atom. The van der Waals surface area contributed by atoms with Crippen molar-refractivity contribution in [3.8, 4) is 0 Å². The number of halogens is 1. The van der Waals surface area contributed by atoms with Crippen LogP contribution in [0.5, 0.6) is 0 Å². The smallest absolute Gasteiger partial charge is 0.254 e. The highest BCUT2D eigenvalue weighted by Crippen LogP contribution is 2.10. The highest BCUT2D eigenvalue weighted by molar-refractivity contribution is 5.95. The number of amides is 2. The van der Waals surface area contributed by atoms with Crippen LogP contribution in [0.3, 0.4) is 0 Å². The second-order valence-electron chi connectivity index (χ2n) is 5.90. The Kier molecular flexibility index (Phi) is 5.40. The van der Waals surface area contributed by atoms with Crippen LogP contribution in [0.1, 0.15) is 26.3 Å². The number of hydrogen-bond acceptors (Lipinski definition) is 3. The van der Waals surface area contributed by atoms with Crippen molar-refractivity contribution in [2.24, 2.45) is 0 Å². The summed E-state index contributed by atoms with van der Waals surface area (Å²) >= 11 is 0. The number of carbonyl (C=O) groups excluding carboxylic acids is 2. The number of rotatable bonds is 4. The molecule has 1 aliphatic heterocycles. The van der Waals surface area contributed by atoms with Crippen molar-refractivity contribution in [1.82, 2.24) is 15.5 Å². The Labute approximate surface area is 145 Å². The van der Waals surface area contributed by atoms with E-state index in [1.54, 1.807) is 36.4 Å². The van der Waals surface area contributed by atoms with Crippen molar-refractivity contribution in [2.45, 2.75) is 6.54 Å². The second-order valence-corrected chi connectivity index (χ2v) is 5.90. The molecule has 2 aromatic rings. The molecule has 1 heterocycles. The Morgan fingerprint density at radius 3 is 2.40 bits per heavy atom. The van der Waals surface area contributed by atoms with E-state index in [1.807, 2.05) is 4.90 Å². The van der Waals surface area contributed by atoms with E-state index in [1.165, 1.54) is 12.1 Å². The molecule has 2 N–H and O–H groups in total. The number of benzene rings is 2. The molecule has 0 bridgehead atoms. The van der Waals surface area contributed by atoms with E-state index in [0.29, 0.717) is 18.7 Å². The Balaban J connectivity index is 1.58. The van der Waals surface area contributed by atoms with Crippen LogP contribution in [0, 0.1) is 5.82 Å². The van der Waals surface area contributed by atoms with Crippen LogP contribution in [-0.2, 0) is 6.54 Å². The fourth-order valence-corrected chi connectivity index (χ4v) is 2.74. The molecule has 130 valence electrons. The van der Waals surface area contributed by atoms with Crippen molar-refractivity contribution in [3.63, 3.8) is 0 Å². The SMILES string of the molecule is O=C(NCc1ccc(C(=O)N2CCNCC2)cc1)c1ccccc1F. The van der Waals surface area contributed by atoms with Crippen molar-refractivity contribution < 1.29 is 14.0 Å². The van der Waals surface area contributed by atoms with Gasteiger partial charge in [-0.25, -0.2) is 4.39 Å². The van der Waals surface area contributed by atoms with E-state index in [9.17, 15) is 14.0 Å². The second kappa shape index (κ2) is 7.90. The molecule has 0 saturated carbocycles. The third-order valence-corrected chi connectivity index (χ3v) is 4.18. The molecule has 0 atom stereocenters. The first-order valence-corrected chi connectivity index (χ1v) is 8.27. The van der Waals surface area contributed by atoms with Crippen molar-refractivity contribution in [2.75, 3.05) is 26.2 Å². The molecular formula is C19H20FN3O2. The van der Waals surface area contributed by atoms with E-state index >= 15 is 0 Å². The topological polar surface area (TPSA) is 61.4 Å². The van der Waals surface area contributed by atoms with Gasteiger partial charge in [0.25, 0.3) is 11.8 Å². The molecule has 25 heavy (non-hydrogen) atoms. The third kappa shape index (κ3) is 4.22. The van der Waals surface area contributed by atoms with E-state index < -0.39 is 11.7 Å². The summed E-state index contributed by atoms with van der Waals surface area (Å²) in [5.74, 6) is -0.987. The summed E-state index contributed by atoms with van der Waals surface area (Å²) < 4.78 is 13.6. The molecule has 0 spiro atoms. The monoisotopic (exact) mass is 341 g/mol. The van der Waals surface area contributed by atoms with Crippen LogP contribution in [-0.4, -0.2) is 42.9 Å². The van der Waals surface area contributed by atoms with Gasteiger partial charge in [-0.15, -0.1) is 0 Å². The van der Waals surface area contributed by atoms with Gasteiger partial charge in [0.2, 0.25) is 0 Å². The zero-order chi connectivity index (χ0) is 17.6. The molecule has 0 aromatic heterocycles. The average molecular weight is 341 g/mol. The standard InChI is InChI=1S/C19H20FN3O2/c20-17-4-2-1-3-16(17)18(24)22-13-14-5-7-15(8-6-14)19(25)23-11-9-21-10-12-23/h1-8,21H,9-13H2,(H,22,24). The molecule has 0 radical (unpaired) electrons. The molecule has 1 fully saturated rings. The van der Waals surface area contributed by atoms with Gasteiger partial charge in [-0.3, -0.25) is 9.59 Å². The summed E-state index contributed by atoms with van der Waals surface area (Å²) in [6, 6.07) is 13.0.